The van der Waals surface area contributed by atoms with Gasteiger partial charge in [0.2, 0.25) is 0 Å². The molecule has 0 bridgehead atoms. The van der Waals surface area contributed by atoms with E-state index in [9.17, 15) is 0 Å². The summed E-state index contributed by atoms with van der Waals surface area (Å²) in [6.45, 7) is 0. The van der Waals surface area contributed by atoms with Crippen LogP contribution in [0, 0.1) is 0 Å². The van der Waals surface area contributed by atoms with Gasteiger partial charge in [0.15, 0.2) is 0 Å². The van der Waals surface area contributed by atoms with Crippen molar-refractivity contribution in [1.82, 2.24) is 0 Å². The molecule has 0 unspecified atom stereocenters. The van der Waals surface area contributed by atoms with Gasteiger partial charge in [-0.15, -0.1) is 0 Å². The smallest absolute Gasteiger partial charge is 0.543 e. The second-order valence-corrected chi connectivity index (χ2v) is 1.15. The molecule has 0 rings (SSSR count). The Morgan fingerprint density at radius 1 is 0.533 bits per heavy atom. The number of carbonyl (C=O) groups is 4. The molecule has 68 valence electrons. The molecule has 0 aliphatic carbocycles. The molecule has 15 heavy (non-hydrogen) atoms. The van der Waals surface area contributed by atoms with Crippen molar-refractivity contribution in [3.8, 4) is 0 Å². The van der Waals surface area contributed by atoms with E-state index in [4.69, 9.17) is 39.6 Å². The number of hydrogen-bond donors (Lipinski definition) is 0. The predicted octanol–water partition coefficient (Wildman–Crippen LogP) is -13.4. The van der Waals surface area contributed by atoms with Gasteiger partial charge < -0.3 is 39.6 Å². The van der Waals surface area contributed by atoms with Gasteiger partial charge in [-0.1, -0.05) is 0 Å². The van der Waals surface area contributed by atoms with Crippen LogP contribution in [0.15, 0.2) is 0 Å². The van der Waals surface area contributed by atoms with Gasteiger partial charge in [-0.2, -0.15) is 0 Å². The third-order valence-electron chi connectivity index (χ3n) is 0.333. The van der Waals surface area contributed by atoms with Gasteiger partial charge >= 0.3 is 126 Å². The molecular weight excluding hydrogens is 279 g/mol. The van der Waals surface area contributed by atoms with E-state index in [0.717, 1.165) is 0 Å². The van der Waals surface area contributed by atoms with Gasteiger partial charge in [-0.25, -0.2) is 0 Å². The molecule has 0 atom stereocenters. The molecule has 0 spiro atoms. The zero-order valence-electron chi connectivity index (χ0n) is 7.97. The SMILES string of the molecule is O=C([O-])C(=O)[O-].O=C([O-])C(=O)[O-].[K+].[K+].[Mg+2]. The molecule has 0 amide bonds. The molecule has 0 heterocycles. The summed E-state index contributed by atoms with van der Waals surface area (Å²) in [5.41, 5.74) is 0. The molecule has 0 saturated heterocycles. The summed E-state index contributed by atoms with van der Waals surface area (Å²) in [5, 5.41) is 35.7. The van der Waals surface area contributed by atoms with Crippen LogP contribution < -0.4 is 123 Å². The Labute approximate surface area is 185 Å². The minimum absolute atomic E-state index is 0. The fourth-order valence-electron chi connectivity index (χ4n) is 0. The summed E-state index contributed by atoms with van der Waals surface area (Å²) >= 11 is 0. The van der Waals surface area contributed by atoms with E-state index in [1.54, 1.807) is 0 Å². The molecule has 11 heteroatoms. The maximum absolute atomic E-state index is 8.93. The topological polar surface area (TPSA) is 161 Å². The number of carboxylic acid groups (broad SMARTS) is 4. The fraction of sp³-hybridized carbons (Fsp3) is 0. The summed E-state index contributed by atoms with van der Waals surface area (Å²) in [6, 6.07) is 0. The Morgan fingerprint density at radius 2 is 0.600 bits per heavy atom. The van der Waals surface area contributed by atoms with E-state index in [1.807, 2.05) is 0 Å². The van der Waals surface area contributed by atoms with Crippen LogP contribution in [-0.4, -0.2) is 46.9 Å². The maximum Gasteiger partial charge on any atom is 2.00 e. The molecule has 0 saturated carbocycles. The molecule has 0 aliphatic heterocycles. The van der Waals surface area contributed by atoms with Crippen molar-refractivity contribution in [1.29, 1.82) is 0 Å². The standard InChI is InChI=1S/2C2H2O4.2K.Mg/c2*3-1(4)2(5)6;;;/h2*(H,3,4)(H,5,6);;;/q;;2*+1;+2/p-4. The minimum atomic E-state index is -2.19. The molecular formula is C4K2MgO8. The van der Waals surface area contributed by atoms with Gasteiger partial charge in [0.25, 0.3) is 0 Å². The molecule has 0 aliphatic rings. The first-order chi connectivity index (χ1) is 5.29. The van der Waals surface area contributed by atoms with Crippen LogP contribution in [0.1, 0.15) is 0 Å². The second kappa shape index (κ2) is 18.3. The van der Waals surface area contributed by atoms with Crippen molar-refractivity contribution >= 4 is 46.9 Å². The zero-order valence-corrected chi connectivity index (χ0v) is 15.6. The summed E-state index contributed by atoms with van der Waals surface area (Å²) in [5.74, 6) is -8.74. The number of carbonyl (C=O) groups excluding carboxylic acids is 4. The van der Waals surface area contributed by atoms with Crippen molar-refractivity contribution in [3.05, 3.63) is 0 Å². The Hall–Kier alpha value is 1.92. The van der Waals surface area contributed by atoms with E-state index in [1.165, 1.54) is 0 Å². The largest absolute Gasteiger partial charge is 2.00 e. The van der Waals surface area contributed by atoms with Crippen LogP contribution in [0.2, 0.25) is 0 Å². The van der Waals surface area contributed by atoms with Gasteiger partial charge in [0.05, 0.1) is 23.9 Å². The van der Waals surface area contributed by atoms with Crippen molar-refractivity contribution in [2.24, 2.45) is 0 Å². The van der Waals surface area contributed by atoms with Crippen LogP contribution in [0.5, 0.6) is 0 Å². The van der Waals surface area contributed by atoms with Crippen molar-refractivity contribution in [3.63, 3.8) is 0 Å². The van der Waals surface area contributed by atoms with E-state index >= 15 is 0 Å². The Morgan fingerprint density at radius 3 is 0.600 bits per heavy atom. The van der Waals surface area contributed by atoms with Crippen molar-refractivity contribution in [2.75, 3.05) is 0 Å². The van der Waals surface area contributed by atoms with Gasteiger partial charge in [0.1, 0.15) is 0 Å². The average Bonchev–Trinajstić information content (AvgIpc) is 1.88. The molecule has 0 fully saturated rings. The first-order valence-corrected chi connectivity index (χ1v) is 2.13. The quantitative estimate of drug-likeness (QED) is 0.311. The summed E-state index contributed by atoms with van der Waals surface area (Å²) in [7, 11) is 0. The molecule has 0 aromatic rings. The Balaban J connectivity index is -0.0000000370. The number of rotatable bonds is 0. The van der Waals surface area contributed by atoms with E-state index < -0.39 is 23.9 Å². The number of aliphatic carboxylic acids is 4. The fourth-order valence-corrected chi connectivity index (χ4v) is 0. The normalized spacial score (nSPS) is 5.87. The van der Waals surface area contributed by atoms with Crippen LogP contribution >= 0.6 is 0 Å². The van der Waals surface area contributed by atoms with Crippen LogP contribution in [0.3, 0.4) is 0 Å². The minimum Gasteiger partial charge on any atom is -0.543 e. The van der Waals surface area contributed by atoms with Gasteiger partial charge in [-0.05, 0) is 0 Å². The van der Waals surface area contributed by atoms with Crippen LogP contribution in [0.4, 0.5) is 0 Å². The van der Waals surface area contributed by atoms with Crippen molar-refractivity contribution in [2.45, 2.75) is 0 Å². The van der Waals surface area contributed by atoms with Crippen molar-refractivity contribution < 1.29 is 142 Å². The predicted molar refractivity (Wildman–Crippen MR) is 25.8 cm³/mol. The van der Waals surface area contributed by atoms with E-state index in [-0.39, 0.29) is 126 Å². The van der Waals surface area contributed by atoms with E-state index in [2.05, 4.69) is 0 Å². The Kier molecular flexibility index (Phi) is 36.8. The Bertz CT molecular complexity index is 181. The second-order valence-electron chi connectivity index (χ2n) is 1.15. The summed E-state index contributed by atoms with van der Waals surface area (Å²) in [4.78, 5) is 35.7. The van der Waals surface area contributed by atoms with E-state index in [0.29, 0.717) is 0 Å². The third-order valence-corrected chi connectivity index (χ3v) is 0.333. The van der Waals surface area contributed by atoms with Crippen LogP contribution in [-0.2, 0) is 19.2 Å². The summed E-state index contributed by atoms with van der Waals surface area (Å²) < 4.78 is 0. The zero-order chi connectivity index (χ0) is 10.3. The van der Waals surface area contributed by atoms with Gasteiger partial charge in [-0.3, -0.25) is 0 Å². The first kappa shape index (κ1) is 30.2. The monoisotopic (exact) mass is 278 g/mol. The summed E-state index contributed by atoms with van der Waals surface area (Å²) in [6.07, 6.45) is 0. The first-order valence-electron chi connectivity index (χ1n) is 2.13. The average molecular weight is 279 g/mol. The molecule has 0 aromatic carbocycles. The van der Waals surface area contributed by atoms with Crippen LogP contribution in [0.25, 0.3) is 0 Å². The van der Waals surface area contributed by atoms with Gasteiger partial charge in [0, 0.05) is 0 Å². The third kappa shape index (κ3) is 31.3. The molecule has 0 radical (unpaired) electrons. The number of hydrogen-bond acceptors (Lipinski definition) is 8. The maximum atomic E-state index is 8.93. The molecule has 8 nitrogen and oxygen atoms in total. The molecule has 0 N–H and O–H groups in total. The number of carboxylic acids is 4. The molecule has 0 aromatic heterocycles.